The molecule has 0 aromatic heterocycles. The summed E-state index contributed by atoms with van der Waals surface area (Å²) in [5.74, 6) is 0.991. The van der Waals surface area contributed by atoms with Crippen LogP contribution in [0, 0.1) is 0 Å². The SMILES string of the molecule is COc1cccc(CN(C)C(=O)C2(C)CCCCN2)c1.Cl. The van der Waals surface area contributed by atoms with Crippen molar-refractivity contribution in [1.82, 2.24) is 10.2 Å². The van der Waals surface area contributed by atoms with Crippen molar-refractivity contribution in [3.8, 4) is 5.75 Å². The zero-order valence-corrected chi connectivity index (χ0v) is 13.8. The number of hydrogen-bond acceptors (Lipinski definition) is 3. The molecule has 1 fully saturated rings. The van der Waals surface area contributed by atoms with E-state index in [-0.39, 0.29) is 18.3 Å². The molecule has 1 unspecified atom stereocenters. The number of rotatable bonds is 4. The molecular weight excluding hydrogens is 288 g/mol. The molecule has 0 spiro atoms. The number of carbonyl (C=O) groups is 1. The Morgan fingerprint density at radius 3 is 2.81 bits per heavy atom. The van der Waals surface area contributed by atoms with Gasteiger partial charge in [0.15, 0.2) is 0 Å². The first-order chi connectivity index (χ1) is 9.55. The molecule has 0 aliphatic carbocycles. The minimum absolute atomic E-state index is 0. The zero-order valence-electron chi connectivity index (χ0n) is 13.0. The highest BCUT2D eigenvalue weighted by atomic mass is 35.5. The standard InChI is InChI=1S/C16H24N2O2.ClH/c1-16(9-4-5-10-17-16)15(19)18(2)12-13-7-6-8-14(11-13)20-3;/h6-8,11,17H,4-5,9-10,12H2,1-3H3;1H. The van der Waals surface area contributed by atoms with Crippen molar-refractivity contribution in [1.29, 1.82) is 0 Å². The molecule has 1 aliphatic rings. The molecular formula is C16H25ClN2O2. The predicted molar refractivity (Wildman–Crippen MR) is 87.0 cm³/mol. The molecule has 0 bridgehead atoms. The first-order valence-corrected chi connectivity index (χ1v) is 7.19. The quantitative estimate of drug-likeness (QED) is 0.929. The molecule has 21 heavy (non-hydrogen) atoms. The average Bonchev–Trinajstić information content (AvgIpc) is 2.47. The summed E-state index contributed by atoms with van der Waals surface area (Å²) in [5.41, 5.74) is 0.672. The number of nitrogens with zero attached hydrogens (tertiary/aromatic N) is 1. The summed E-state index contributed by atoms with van der Waals surface area (Å²) in [4.78, 5) is 14.4. The first kappa shape index (κ1) is 17.8. The third kappa shape index (κ3) is 4.35. The van der Waals surface area contributed by atoms with Crippen LogP contribution < -0.4 is 10.1 Å². The van der Waals surface area contributed by atoms with Crippen molar-refractivity contribution in [2.45, 2.75) is 38.3 Å². The maximum Gasteiger partial charge on any atom is 0.242 e. The van der Waals surface area contributed by atoms with Crippen molar-refractivity contribution in [2.24, 2.45) is 0 Å². The van der Waals surface area contributed by atoms with E-state index in [1.54, 1.807) is 12.0 Å². The lowest BCUT2D eigenvalue weighted by molar-refractivity contribution is -0.137. The normalized spacial score (nSPS) is 21.3. The van der Waals surface area contributed by atoms with Gasteiger partial charge in [0.2, 0.25) is 5.91 Å². The highest BCUT2D eigenvalue weighted by Crippen LogP contribution is 2.22. The van der Waals surface area contributed by atoms with Crippen LogP contribution in [0.25, 0.3) is 0 Å². The molecule has 1 aromatic rings. The summed E-state index contributed by atoms with van der Waals surface area (Å²) in [7, 11) is 3.52. The Morgan fingerprint density at radius 1 is 1.43 bits per heavy atom. The van der Waals surface area contributed by atoms with Gasteiger partial charge in [0.05, 0.1) is 12.6 Å². The summed E-state index contributed by atoms with van der Waals surface area (Å²) in [5, 5.41) is 3.37. The van der Waals surface area contributed by atoms with E-state index in [9.17, 15) is 4.79 Å². The smallest absolute Gasteiger partial charge is 0.242 e. The fourth-order valence-electron chi connectivity index (χ4n) is 2.78. The number of ether oxygens (including phenoxy) is 1. The Kier molecular flexibility index (Phi) is 6.49. The minimum atomic E-state index is -0.411. The summed E-state index contributed by atoms with van der Waals surface area (Å²) < 4.78 is 5.22. The molecule has 1 amide bonds. The summed E-state index contributed by atoms with van der Waals surface area (Å²) in [6.45, 7) is 3.54. The Bertz CT molecular complexity index is 473. The van der Waals surface area contributed by atoms with Crippen LogP contribution in [0.2, 0.25) is 0 Å². The summed E-state index contributed by atoms with van der Waals surface area (Å²) >= 11 is 0. The van der Waals surface area contributed by atoms with Gasteiger partial charge in [0.1, 0.15) is 5.75 Å². The number of amides is 1. The molecule has 1 heterocycles. The average molecular weight is 313 g/mol. The van der Waals surface area contributed by atoms with E-state index in [1.807, 2.05) is 38.2 Å². The van der Waals surface area contributed by atoms with Gasteiger partial charge in [0.25, 0.3) is 0 Å². The topological polar surface area (TPSA) is 41.6 Å². The lowest BCUT2D eigenvalue weighted by atomic mass is 9.89. The van der Waals surface area contributed by atoms with Gasteiger partial charge in [-0.15, -0.1) is 12.4 Å². The van der Waals surface area contributed by atoms with Crippen LogP contribution in [0.15, 0.2) is 24.3 Å². The van der Waals surface area contributed by atoms with E-state index in [1.165, 1.54) is 0 Å². The van der Waals surface area contributed by atoms with Crippen LogP contribution >= 0.6 is 12.4 Å². The largest absolute Gasteiger partial charge is 0.497 e. The van der Waals surface area contributed by atoms with Crippen molar-refractivity contribution >= 4 is 18.3 Å². The lowest BCUT2D eigenvalue weighted by Crippen LogP contribution is -2.57. The zero-order chi connectivity index (χ0) is 14.6. The molecule has 1 atom stereocenters. The van der Waals surface area contributed by atoms with Gasteiger partial charge in [-0.05, 0) is 50.4 Å². The van der Waals surface area contributed by atoms with Gasteiger partial charge >= 0.3 is 0 Å². The molecule has 0 radical (unpaired) electrons. The molecule has 1 aliphatic heterocycles. The molecule has 2 rings (SSSR count). The van der Waals surface area contributed by atoms with E-state index >= 15 is 0 Å². The fourth-order valence-corrected chi connectivity index (χ4v) is 2.78. The monoisotopic (exact) mass is 312 g/mol. The van der Waals surface area contributed by atoms with Crippen LogP contribution in [0.3, 0.4) is 0 Å². The van der Waals surface area contributed by atoms with Crippen molar-refractivity contribution < 1.29 is 9.53 Å². The number of piperidine rings is 1. The predicted octanol–water partition coefficient (Wildman–Crippen LogP) is 2.61. The number of nitrogens with one attached hydrogen (secondary N) is 1. The van der Waals surface area contributed by atoms with Gasteiger partial charge < -0.3 is 15.0 Å². The molecule has 1 aromatic carbocycles. The molecule has 118 valence electrons. The van der Waals surface area contributed by atoms with E-state index in [0.29, 0.717) is 6.54 Å². The van der Waals surface area contributed by atoms with Gasteiger partial charge in [-0.2, -0.15) is 0 Å². The van der Waals surface area contributed by atoms with E-state index < -0.39 is 5.54 Å². The second-order valence-corrected chi connectivity index (χ2v) is 5.73. The second-order valence-electron chi connectivity index (χ2n) is 5.73. The Balaban J connectivity index is 0.00000220. The number of hydrogen-bond donors (Lipinski definition) is 1. The molecule has 4 nitrogen and oxygen atoms in total. The number of methoxy groups -OCH3 is 1. The third-order valence-corrected chi connectivity index (χ3v) is 3.99. The van der Waals surface area contributed by atoms with Crippen LogP contribution in [0.5, 0.6) is 5.75 Å². The minimum Gasteiger partial charge on any atom is -0.497 e. The number of halogens is 1. The Labute approximate surface area is 133 Å². The van der Waals surface area contributed by atoms with Gasteiger partial charge in [-0.25, -0.2) is 0 Å². The van der Waals surface area contributed by atoms with Crippen LogP contribution in [-0.2, 0) is 11.3 Å². The van der Waals surface area contributed by atoms with E-state index in [0.717, 1.165) is 37.1 Å². The highest BCUT2D eigenvalue weighted by molar-refractivity contribution is 5.86. The van der Waals surface area contributed by atoms with Crippen molar-refractivity contribution in [3.05, 3.63) is 29.8 Å². The van der Waals surface area contributed by atoms with Crippen LogP contribution in [0.1, 0.15) is 31.7 Å². The third-order valence-electron chi connectivity index (χ3n) is 3.99. The summed E-state index contributed by atoms with van der Waals surface area (Å²) in [6, 6.07) is 7.85. The van der Waals surface area contributed by atoms with Crippen molar-refractivity contribution in [2.75, 3.05) is 20.7 Å². The van der Waals surface area contributed by atoms with Crippen LogP contribution in [-0.4, -0.2) is 37.0 Å². The lowest BCUT2D eigenvalue weighted by Gasteiger charge is -2.36. The van der Waals surface area contributed by atoms with Gasteiger partial charge in [0, 0.05) is 13.6 Å². The highest BCUT2D eigenvalue weighted by Gasteiger charge is 2.36. The van der Waals surface area contributed by atoms with Gasteiger partial charge in [-0.1, -0.05) is 12.1 Å². The molecule has 5 heteroatoms. The first-order valence-electron chi connectivity index (χ1n) is 7.19. The Morgan fingerprint density at radius 2 is 2.19 bits per heavy atom. The Hall–Kier alpha value is -1.26. The molecule has 1 saturated heterocycles. The van der Waals surface area contributed by atoms with Gasteiger partial charge in [-0.3, -0.25) is 4.79 Å². The van der Waals surface area contributed by atoms with E-state index in [2.05, 4.69) is 5.32 Å². The van der Waals surface area contributed by atoms with E-state index in [4.69, 9.17) is 4.74 Å². The number of carbonyl (C=O) groups excluding carboxylic acids is 1. The number of likely N-dealkylation sites (N-methyl/N-ethyl adjacent to an activating group) is 1. The fraction of sp³-hybridized carbons (Fsp3) is 0.562. The molecule has 1 N–H and O–H groups in total. The maximum atomic E-state index is 12.6. The molecule has 0 saturated carbocycles. The number of benzene rings is 1. The van der Waals surface area contributed by atoms with Crippen LogP contribution in [0.4, 0.5) is 0 Å². The maximum absolute atomic E-state index is 12.6. The van der Waals surface area contributed by atoms with Crippen molar-refractivity contribution in [3.63, 3.8) is 0 Å². The summed E-state index contributed by atoms with van der Waals surface area (Å²) in [6.07, 6.45) is 3.18. The second kappa shape index (κ2) is 7.66.